The van der Waals surface area contributed by atoms with Gasteiger partial charge in [-0.25, -0.2) is 4.98 Å². The molecule has 156 valence electrons. The number of methoxy groups -OCH3 is 1. The molecule has 0 aliphatic rings. The fourth-order valence-corrected chi connectivity index (χ4v) is 4.17. The van der Waals surface area contributed by atoms with E-state index in [9.17, 15) is 0 Å². The Morgan fingerprint density at radius 3 is 2.59 bits per heavy atom. The van der Waals surface area contributed by atoms with E-state index in [0.717, 1.165) is 46.1 Å². The van der Waals surface area contributed by atoms with Gasteiger partial charge in [-0.1, -0.05) is 37.0 Å². The molecule has 0 bridgehead atoms. The summed E-state index contributed by atoms with van der Waals surface area (Å²) in [5.41, 5.74) is 4.74. The first kappa shape index (κ1) is 21.6. The summed E-state index contributed by atoms with van der Waals surface area (Å²) >= 11 is 12.8. The highest BCUT2D eigenvalue weighted by Crippen LogP contribution is 2.38. The minimum atomic E-state index is 0.521. The molecule has 7 heteroatoms. The van der Waals surface area contributed by atoms with E-state index >= 15 is 0 Å². The van der Waals surface area contributed by atoms with E-state index in [0.29, 0.717) is 22.6 Å². The second-order valence-electron chi connectivity index (χ2n) is 7.62. The molecule has 3 aromatic rings. The van der Waals surface area contributed by atoms with E-state index in [-0.39, 0.29) is 0 Å². The smallest absolute Gasteiger partial charge is 0.208 e. The number of imidazole rings is 1. The van der Waals surface area contributed by atoms with Gasteiger partial charge < -0.3 is 19.5 Å². The zero-order chi connectivity index (χ0) is 21.3. The van der Waals surface area contributed by atoms with Crippen molar-refractivity contribution in [1.82, 2.24) is 9.55 Å². The van der Waals surface area contributed by atoms with Crippen LogP contribution in [0.2, 0.25) is 10.0 Å². The number of aryl methyl sites for hydroxylation is 2. The third kappa shape index (κ3) is 4.26. The average Bonchev–Trinajstić information content (AvgIpc) is 2.97. The zero-order valence-electron chi connectivity index (χ0n) is 17.8. The Hall–Kier alpha value is -2.11. The van der Waals surface area contributed by atoms with Crippen LogP contribution in [-0.4, -0.2) is 29.8 Å². The van der Waals surface area contributed by atoms with Crippen molar-refractivity contribution in [3.63, 3.8) is 0 Å². The van der Waals surface area contributed by atoms with Crippen molar-refractivity contribution in [2.45, 2.75) is 27.7 Å². The van der Waals surface area contributed by atoms with Crippen LogP contribution in [0.25, 0.3) is 11.0 Å². The van der Waals surface area contributed by atoms with Gasteiger partial charge in [0, 0.05) is 31.2 Å². The number of fused-ring (bicyclic) bond motifs is 1. The quantitative estimate of drug-likeness (QED) is 0.465. The summed E-state index contributed by atoms with van der Waals surface area (Å²) in [5, 5.41) is 4.79. The van der Waals surface area contributed by atoms with Crippen LogP contribution in [-0.2, 0) is 7.05 Å². The summed E-state index contributed by atoms with van der Waals surface area (Å²) in [6.45, 7) is 10.4. The Balaban J connectivity index is 2.14. The first-order valence-corrected chi connectivity index (χ1v) is 10.5. The standard InChI is InChI=1S/C22H28Cl2N4O/c1-7-28(12-13(2)3)20-16(24)8-9-17-21(20)27(5)22(25-17)26-19-14(4)10-15(23)11-18(19)29-6/h8-11,13H,7,12H2,1-6H3,(H,25,26). The Kier molecular flexibility index (Phi) is 6.49. The molecule has 0 atom stereocenters. The molecule has 0 aliphatic heterocycles. The number of rotatable bonds is 7. The van der Waals surface area contributed by atoms with Crippen LogP contribution < -0.4 is 15.0 Å². The van der Waals surface area contributed by atoms with Gasteiger partial charge in [0.05, 0.1) is 34.5 Å². The van der Waals surface area contributed by atoms with Crippen LogP contribution in [0.3, 0.4) is 0 Å². The number of hydrogen-bond donors (Lipinski definition) is 1. The molecular formula is C22H28Cl2N4O. The number of aromatic nitrogens is 2. The fourth-order valence-electron chi connectivity index (χ4n) is 3.64. The molecule has 0 amide bonds. The Morgan fingerprint density at radius 2 is 1.97 bits per heavy atom. The number of nitrogens with zero attached hydrogens (tertiary/aromatic N) is 3. The molecule has 1 aromatic heterocycles. The Morgan fingerprint density at radius 1 is 1.24 bits per heavy atom. The molecule has 0 spiro atoms. The highest BCUT2D eigenvalue weighted by molar-refractivity contribution is 6.34. The fraction of sp³-hybridized carbons (Fsp3) is 0.409. The predicted molar refractivity (Wildman–Crippen MR) is 124 cm³/mol. The number of benzene rings is 2. The lowest BCUT2D eigenvalue weighted by molar-refractivity contribution is 0.416. The molecule has 1 N–H and O–H groups in total. The van der Waals surface area contributed by atoms with Gasteiger partial charge in [0.2, 0.25) is 5.95 Å². The second-order valence-corrected chi connectivity index (χ2v) is 8.46. The third-order valence-corrected chi connectivity index (χ3v) is 5.49. The molecular weight excluding hydrogens is 407 g/mol. The molecule has 0 fully saturated rings. The Labute approximate surface area is 182 Å². The van der Waals surface area contributed by atoms with Crippen LogP contribution in [0.1, 0.15) is 26.3 Å². The number of ether oxygens (including phenoxy) is 1. The largest absolute Gasteiger partial charge is 0.495 e. The summed E-state index contributed by atoms with van der Waals surface area (Å²) in [5.74, 6) is 1.91. The van der Waals surface area contributed by atoms with Crippen LogP contribution in [0, 0.1) is 12.8 Å². The molecule has 0 aliphatic carbocycles. The van der Waals surface area contributed by atoms with E-state index in [2.05, 4.69) is 31.0 Å². The predicted octanol–water partition coefficient (Wildman–Crippen LogP) is 6.42. The number of anilines is 3. The lowest BCUT2D eigenvalue weighted by Gasteiger charge is -2.27. The molecule has 1 heterocycles. The molecule has 0 saturated carbocycles. The zero-order valence-corrected chi connectivity index (χ0v) is 19.3. The van der Waals surface area contributed by atoms with Gasteiger partial charge in [-0.15, -0.1) is 0 Å². The first-order chi connectivity index (χ1) is 13.8. The van der Waals surface area contributed by atoms with Gasteiger partial charge in [0.1, 0.15) is 5.75 Å². The van der Waals surface area contributed by atoms with Crippen molar-refractivity contribution < 1.29 is 4.74 Å². The summed E-state index contributed by atoms with van der Waals surface area (Å²) in [4.78, 5) is 7.14. The van der Waals surface area contributed by atoms with Crippen molar-refractivity contribution in [1.29, 1.82) is 0 Å². The minimum Gasteiger partial charge on any atom is -0.495 e. The molecule has 0 radical (unpaired) electrons. The lowest BCUT2D eigenvalue weighted by atomic mass is 10.1. The van der Waals surface area contributed by atoms with Crippen LogP contribution >= 0.6 is 23.2 Å². The van der Waals surface area contributed by atoms with Gasteiger partial charge in [-0.05, 0) is 43.5 Å². The SMILES string of the molecule is CCN(CC(C)C)c1c(Cl)ccc2nc(Nc3c(C)cc(Cl)cc3OC)n(C)c12. The minimum absolute atomic E-state index is 0.521. The van der Waals surface area contributed by atoms with Crippen LogP contribution in [0.15, 0.2) is 24.3 Å². The molecule has 0 unspecified atom stereocenters. The maximum atomic E-state index is 6.65. The third-order valence-electron chi connectivity index (χ3n) is 4.96. The van der Waals surface area contributed by atoms with Crippen molar-refractivity contribution in [3.8, 4) is 5.75 Å². The van der Waals surface area contributed by atoms with Gasteiger partial charge >= 0.3 is 0 Å². The Bertz CT molecular complexity index is 1030. The highest BCUT2D eigenvalue weighted by atomic mass is 35.5. The van der Waals surface area contributed by atoms with Crippen molar-refractivity contribution >= 4 is 51.6 Å². The summed E-state index contributed by atoms with van der Waals surface area (Å²) < 4.78 is 7.57. The monoisotopic (exact) mass is 434 g/mol. The van der Waals surface area contributed by atoms with Gasteiger partial charge in [-0.2, -0.15) is 0 Å². The molecule has 0 saturated heterocycles. The molecule has 5 nitrogen and oxygen atoms in total. The van der Waals surface area contributed by atoms with E-state index in [1.54, 1.807) is 13.2 Å². The maximum absolute atomic E-state index is 6.65. The first-order valence-electron chi connectivity index (χ1n) is 9.77. The van der Waals surface area contributed by atoms with Crippen LogP contribution in [0.4, 0.5) is 17.3 Å². The van der Waals surface area contributed by atoms with E-state index in [1.165, 1.54) is 0 Å². The number of hydrogen-bond acceptors (Lipinski definition) is 4. The second kappa shape index (κ2) is 8.72. The average molecular weight is 435 g/mol. The van der Waals surface area contributed by atoms with E-state index in [4.69, 9.17) is 32.9 Å². The maximum Gasteiger partial charge on any atom is 0.208 e. The van der Waals surface area contributed by atoms with Gasteiger partial charge in [-0.3, -0.25) is 0 Å². The highest BCUT2D eigenvalue weighted by Gasteiger charge is 2.20. The van der Waals surface area contributed by atoms with Gasteiger partial charge in [0.15, 0.2) is 0 Å². The lowest BCUT2D eigenvalue weighted by Crippen LogP contribution is -2.28. The van der Waals surface area contributed by atoms with E-state index < -0.39 is 0 Å². The summed E-state index contributed by atoms with van der Waals surface area (Å²) in [7, 11) is 3.63. The molecule has 29 heavy (non-hydrogen) atoms. The molecule has 3 rings (SSSR count). The number of halogens is 2. The summed E-state index contributed by atoms with van der Waals surface area (Å²) in [6, 6.07) is 7.58. The normalized spacial score (nSPS) is 11.3. The topological polar surface area (TPSA) is 42.3 Å². The summed E-state index contributed by atoms with van der Waals surface area (Å²) in [6.07, 6.45) is 0. The van der Waals surface area contributed by atoms with Crippen molar-refractivity contribution in [2.75, 3.05) is 30.4 Å². The molecule has 2 aromatic carbocycles. The van der Waals surface area contributed by atoms with Crippen molar-refractivity contribution in [3.05, 3.63) is 39.9 Å². The van der Waals surface area contributed by atoms with Crippen molar-refractivity contribution in [2.24, 2.45) is 13.0 Å². The number of nitrogens with one attached hydrogen (secondary N) is 1. The van der Waals surface area contributed by atoms with Crippen LogP contribution in [0.5, 0.6) is 5.75 Å². The van der Waals surface area contributed by atoms with Gasteiger partial charge in [0.25, 0.3) is 0 Å². The van der Waals surface area contributed by atoms with E-state index in [1.807, 2.05) is 36.7 Å².